The number of oxazole rings is 1. The van der Waals surface area contributed by atoms with Gasteiger partial charge in [-0.2, -0.15) is 0 Å². The van der Waals surface area contributed by atoms with Crippen LogP contribution in [0.5, 0.6) is 0 Å². The van der Waals surface area contributed by atoms with E-state index < -0.39 is 0 Å². The minimum absolute atomic E-state index is 0.169. The Morgan fingerprint density at radius 3 is 3.00 bits per heavy atom. The topological polar surface area (TPSA) is 35.1 Å². The van der Waals surface area contributed by atoms with Crippen LogP contribution in [0, 0.1) is 0 Å². The molecule has 0 bridgehead atoms. The average Bonchev–Trinajstić information content (AvgIpc) is 2.39. The maximum atomic E-state index is 11.4. The van der Waals surface area contributed by atoms with E-state index in [0.29, 0.717) is 0 Å². The molecule has 1 aliphatic carbocycles. The molecule has 0 saturated carbocycles. The fraction of sp³-hybridized carbons (Fsp3) is 0.500. The molecule has 0 fully saturated rings. The molecule has 70 valence electrons. The molecule has 0 spiro atoms. The van der Waals surface area contributed by atoms with Gasteiger partial charge in [-0.05, 0) is 26.3 Å². The summed E-state index contributed by atoms with van der Waals surface area (Å²) in [6.45, 7) is 3.97. The summed E-state index contributed by atoms with van der Waals surface area (Å²) in [6, 6.07) is 0.169. The molecule has 3 heteroatoms. The highest BCUT2D eigenvalue weighted by Gasteiger charge is 2.17. The van der Waals surface area contributed by atoms with E-state index in [0.717, 1.165) is 24.3 Å². The minimum atomic E-state index is -0.230. The summed E-state index contributed by atoms with van der Waals surface area (Å²) >= 11 is 0. The molecule has 1 aliphatic rings. The van der Waals surface area contributed by atoms with E-state index in [4.69, 9.17) is 4.42 Å². The van der Waals surface area contributed by atoms with Crippen molar-refractivity contribution < 1.29 is 4.42 Å². The van der Waals surface area contributed by atoms with Crippen LogP contribution in [-0.4, -0.2) is 4.57 Å². The Balaban J connectivity index is 2.63. The highest BCUT2D eigenvalue weighted by molar-refractivity contribution is 5.49. The van der Waals surface area contributed by atoms with Crippen molar-refractivity contribution in [2.75, 3.05) is 0 Å². The van der Waals surface area contributed by atoms with Crippen LogP contribution in [-0.2, 0) is 6.42 Å². The molecular weight excluding hydrogens is 166 g/mol. The van der Waals surface area contributed by atoms with Crippen LogP contribution in [0.25, 0.3) is 6.08 Å². The van der Waals surface area contributed by atoms with Crippen molar-refractivity contribution in [3.05, 3.63) is 28.1 Å². The van der Waals surface area contributed by atoms with Crippen molar-refractivity contribution >= 4 is 6.08 Å². The standard InChI is InChI=1S/C10H13NO2/c1-7(2)11-8-5-3-4-6-9(8)13-10(11)12/h3,5,7H,4,6H2,1-2H3. The van der Waals surface area contributed by atoms with Crippen molar-refractivity contribution in [1.82, 2.24) is 4.57 Å². The maximum absolute atomic E-state index is 11.4. The van der Waals surface area contributed by atoms with Gasteiger partial charge in [-0.1, -0.05) is 6.08 Å². The zero-order valence-corrected chi connectivity index (χ0v) is 7.91. The summed E-state index contributed by atoms with van der Waals surface area (Å²) < 4.78 is 6.85. The predicted octanol–water partition coefficient (Wildman–Crippen LogP) is 1.98. The van der Waals surface area contributed by atoms with E-state index in [-0.39, 0.29) is 11.8 Å². The molecule has 0 atom stereocenters. The molecule has 3 nitrogen and oxygen atoms in total. The molecule has 1 heterocycles. The molecule has 0 radical (unpaired) electrons. The molecule has 1 aromatic rings. The van der Waals surface area contributed by atoms with Crippen LogP contribution in [0.1, 0.15) is 37.8 Å². The quantitative estimate of drug-likeness (QED) is 0.660. The molecule has 0 unspecified atom stereocenters. The largest absolute Gasteiger partial charge is 0.419 e. The highest BCUT2D eigenvalue weighted by Crippen LogP contribution is 2.20. The minimum Gasteiger partial charge on any atom is -0.412 e. The van der Waals surface area contributed by atoms with Crippen LogP contribution in [0.15, 0.2) is 15.3 Å². The van der Waals surface area contributed by atoms with Crippen LogP contribution < -0.4 is 5.76 Å². The lowest BCUT2D eigenvalue weighted by Gasteiger charge is -2.09. The lowest BCUT2D eigenvalue weighted by molar-refractivity contribution is 0.432. The second-order valence-corrected chi connectivity index (χ2v) is 3.58. The maximum Gasteiger partial charge on any atom is 0.419 e. The Morgan fingerprint density at radius 1 is 1.54 bits per heavy atom. The van der Waals surface area contributed by atoms with Crippen molar-refractivity contribution in [3.63, 3.8) is 0 Å². The van der Waals surface area contributed by atoms with E-state index >= 15 is 0 Å². The summed E-state index contributed by atoms with van der Waals surface area (Å²) in [4.78, 5) is 11.4. The zero-order valence-electron chi connectivity index (χ0n) is 7.91. The molecule has 2 rings (SSSR count). The van der Waals surface area contributed by atoms with E-state index in [1.807, 2.05) is 19.9 Å². The lowest BCUT2D eigenvalue weighted by atomic mass is 10.1. The van der Waals surface area contributed by atoms with Gasteiger partial charge in [-0.25, -0.2) is 4.79 Å². The number of rotatable bonds is 1. The number of nitrogens with zero attached hydrogens (tertiary/aromatic N) is 1. The summed E-state index contributed by atoms with van der Waals surface area (Å²) in [6.07, 6.45) is 5.87. The molecule has 13 heavy (non-hydrogen) atoms. The smallest absolute Gasteiger partial charge is 0.412 e. The van der Waals surface area contributed by atoms with E-state index in [2.05, 4.69) is 6.08 Å². The van der Waals surface area contributed by atoms with E-state index in [1.165, 1.54) is 0 Å². The highest BCUT2D eigenvalue weighted by atomic mass is 16.4. The first-order chi connectivity index (χ1) is 6.20. The number of allylic oxidation sites excluding steroid dienone is 1. The second-order valence-electron chi connectivity index (χ2n) is 3.58. The monoisotopic (exact) mass is 179 g/mol. The van der Waals surface area contributed by atoms with Gasteiger partial charge in [-0.15, -0.1) is 0 Å². The molecular formula is C10H13NO2. The third kappa shape index (κ3) is 1.24. The number of fused-ring (bicyclic) bond motifs is 1. The molecule has 0 N–H and O–H groups in total. The Hall–Kier alpha value is -1.25. The number of hydrogen-bond acceptors (Lipinski definition) is 2. The molecule has 1 aromatic heterocycles. The van der Waals surface area contributed by atoms with Crippen molar-refractivity contribution in [2.45, 2.75) is 32.7 Å². The van der Waals surface area contributed by atoms with Crippen molar-refractivity contribution in [3.8, 4) is 0 Å². The van der Waals surface area contributed by atoms with Gasteiger partial charge in [0.05, 0.1) is 5.69 Å². The summed E-state index contributed by atoms with van der Waals surface area (Å²) in [5, 5.41) is 0. The van der Waals surface area contributed by atoms with Crippen molar-refractivity contribution in [1.29, 1.82) is 0 Å². The Morgan fingerprint density at radius 2 is 2.31 bits per heavy atom. The third-order valence-electron chi connectivity index (χ3n) is 2.28. The normalized spacial score (nSPS) is 15.0. The third-order valence-corrected chi connectivity index (χ3v) is 2.28. The first kappa shape index (κ1) is 8.35. The average molecular weight is 179 g/mol. The van der Waals surface area contributed by atoms with Gasteiger partial charge in [0.15, 0.2) is 0 Å². The van der Waals surface area contributed by atoms with Crippen LogP contribution in [0.2, 0.25) is 0 Å². The first-order valence-corrected chi connectivity index (χ1v) is 4.61. The van der Waals surface area contributed by atoms with Gasteiger partial charge in [0.25, 0.3) is 0 Å². The first-order valence-electron chi connectivity index (χ1n) is 4.61. The molecule has 0 aliphatic heterocycles. The van der Waals surface area contributed by atoms with Gasteiger partial charge >= 0.3 is 5.76 Å². The van der Waals surface area contributed by atoms with Gasteiger partial charge in [-0.3, -0.25) is 4.57 Å². The number of aromatic nitrogens is 1. The van der Waals surface area contributed by atoms with E-state index in [1.54, 1.807) is 4.57 Å². The van der Waals surface area contributed by atoms with Gasteiger partial charge in [0.1, 0.15) is 5.76 Å². The number of hydrogen-bond donors (Lipinski definition) is 0. The zero-order chi connectivity index (χ0) is 9.42. The van der Waals surface area contributed by atoms with Crippen LogP contribution in [0.4, 0.5) is 0 Å². The molecule has 0 aromatic carbocycles. The van der Waals surface area contributed by atoms with Crippen molar-refractivity contribution in [2.24, 2.45) is 0 Å². The number of aryl methyl sites for hydroxylation is 1. The van der Waals surface area contributed by atoms with Gasteiger partial charge in [0, 0.05) is 12.5 Å². The Bertz CT molecular complexity index is 396. The lowest BCUT2D eigenvalue weighted by Crippen LogP contribution is -2.17. The summed E-state index contributed by atoms with van der Waals surface area (Å²) in [7, 11) is 0. The molecule has 0 amide bonds. The molecule has 0 saturated heterocycles. The summed E-state index contributed by atoms with van der Waals surface area (Å²) in [5.41, 5.74) is 0.950. The fourth-order valence-electron chi connectivity index (χ4n) is 1.69. The Kier molecular flexibility index (Phi) is 1.87. The fourth-order valence-corrected chi connectivity index (χ4v) is 1.69. The predicted molar refractivity (Wildman–Crippen MR) is 50.7 cm³/mol. The van der Waals surface area contributed by atoms with Crippen LogP contribution in [0.3, 0.4) is 0 Å². The second kappa shape index (κ2) is 2.91. The van der Waals surface area contributed by atoms with Gasteiger partial charge in [0.2, 0.25) is 0 Å². The van der Waals surface area contributed by atoms with Crippen LogP contribution >= 0.6 is 0 Å². The van der Waals surface area contributed by atoms with E-state index in [9.17, 15) is 4.79 Å². The Labute approximate surface area is 76.7 Å². The SMILES string of the molecule is CC(C)n1c2c(oc1=O)CCC=C2. The van der Waals surface area contributed by atoms with Gasteiger partial charge < -0.3 is 4.42 Å². The summed E-state index contributed by atoms with van der Waals surface area (Å²) in [5.74, 6) is 0.604.